The third-order valence-electron chi connectivity index (χ3n) is 2.15. The van der Waals surface area contributed by atoms with Crippen LogP contribution in [0.2, 0.25) is 0 Å². The molecular weight excluding hydrogens is 158 g/mol. The van der Waals surface area contributed by atoms with Crippen LogP contribution in [0.15, 0.2) is 12.2 Å². The zero-order valence-corrected chi connectivity index (χ0v) is 8.76. The first-order valence-corrected chi connectivity index (χ1v) is 5.40. The van der Waals surface area contributed by atoms with Crippen LogP contribution in [0.4, 0.5) is 0 Å². The first-order chi connectivity index (χ1) is 6.41. The molecule has 0 aliphatic rings. The maximum atomic E-state index is 8.31. The summed E-state index contributed by atoms with van der Waals surface area (Å²) in [5.74, 6) is 0. The summed E-state index contributed by atoms with van der Waals surface area (Å²) in [6, 6.07) is 2.18. The van der Waals surface area contributed by atoms with Crippen LogP contribution in [-0.4, -0.2) is 0 Å². The summed E-state index contributed by atoms with van der Waals surface area (Å²) in [5.41, 5.74) is 0. The van der Waals surface area contributed by atoms with E-state index < -0.39 is 0 Å². The van der Waals surface area contributed by atoms with E-state index in [1.807, 2.05) is 0 Å². The van der Waals surface area contributed by atoms with Crippen molar-refractivity contribution >= 4 is 0 Å². The maximum absolute atomic E-state index is 8.31. The number of rotatable bonds is 8. The van der Waals surface area contributed by atoms with Crippen LogP contribution in [0, 0.1) is 11.3 Å². The highest BCUT2D eigenvalue weighted by molar-refractivity contribution is 4.76. The zero-order chi connectivity index (χ0) is 9.78. The van der Waals surface area contributed by atoms with Gasteiger partial charge >= 0.3 is 0 Å². The van der Waals surface area contributed by atoms with Crippen LogP contribution in [0.5, 0.6) is 0 Å². The van der Waals surface area contributed by atoms with E-state index in [1.165, 1.54) is 38.5 Å². The lowest BCUT2D eigenvalue weighted by Crippen LogP contribution is -1.79. The molecule has 0 aromatic rings. The highest BCUT2D eigenvalue weighted by Crippen LogP contribution is 2.08. The van der Waals surface area contributed by atoms with Crippen molar-refractivity contribution in [3.8, 4) is 6.07 Å². The van der Waals surface area contributed by atoms with E-state index in [0.717, 1.165) is 12.8 Å². The molecule has 0 spiro atoms. The molecule has 0 atom stereocenters. The Hall–Kier alpha value is -0.770. The number of hydrogen-bond acceptors (Lipinski definition) is 1. The lowest BCUT2D eigenvalue weighted by atomic mass is 10.1. The average molecular weight is 179 g/mol. The van der Waals surface area contributed by atoms with Crippen molar-refractivity contribution in [3.05, 3.63) is 12.2 Å². The molecule has 0 N–H and O–H groups in total. The van der Waals surface area contributed by atoms with Crippen LogP contribution in [0.3, 0.4) is 0 Å². The van der Waals surface area contributed by atoms with Gasteiger partial charge in [-0.3, -0.25) is 0 Å². The smallest absolute Gasteiger partial charge is 0.0621 e. The number of nitriles is 1. The molecule has 13 heavy (non-hydrogen) atoms. The predicted octanol–water partition coefficient (Wildman–Crippen LogP) is 4.21. The molecule has 0 radical (unpaired) electrons. The van der Waals surface area contributed by atoms with Gasteiger partial charge in [-0.1, -0.05) is 37.8 Å². The van der Waals surface area contributed by atoms with E-state index in [2.05, 4.69) is 25.1 Å². The van der Waals surface area contributed by atoms with Gasteiger partial charge in [0.1, 0.15) is 0 Å². The summed E-state index contributed by atoms with van der Waals surface area (Å²) in [4.78, 5) is 0. The molecule has 0 aliphatic heterocycles. The second-order valence-electron chi connectivity index (χ2n) is 3.39. The second kappa shape index (κ2) is 11.2. The largest absolute Gasteiger partial charge is 0.198 e. The fraction of sp³-hybridized carbons (Fsp3) is 0.750. The van der Waals surface area contributed by atoms with Crippen molar-refractivity contribution in [1.82, 2.24) is 0 Å². The van der Waals surface area contributed by atoms with E-state index in [0.29, 0.717) is 0 Å². The van der Waals surface area contributed by atoms with Gasteiger partial charge in [-0.15, -0.1) is 0 Å². The third kappa shape index (κ3) is 11.2. The topological polar surface area (TPSA) is 23.8 Å². The van der Waals surface area contributed by atoms with Crippen molar-refractivity contribution in [3.63, 3.8) is 0 Å². The fourth-order valence-corrected chi connectivity index (χ4v) is 1.34. The molecule has 0 saturated heterocycles. The van der Waals surface area contributed by atoms with Crippen molar-refractivity contribution in [1.29, 1.82) is 5.26 Å². The molecule has 0 aromatic heterocycles. The normalized spacial score (nSPS) is 10.5. The molecule has 0 rings (SSSR count). The summed E-state index contributed by atoms with van der Waals surface area (Å²) < 4.78 is 0. The molecule has 0 fully saturated rings. The first kappa shape index (κ1) is 12.2. The number of allylic oxidation sites excluding steroid dienone is 2. The predicted molar refractivity (Wildman–Crippen MR) is 57.4 cm³/mol. The van der Waals surface area contributed by atoms with Crippen LogP contribution < -0.4 is 0 Å². The number of nitrogens with zero attached hydrogens (tertiary/aromatic N) is 1. The van der Waals surface area contributed by atoms with E-state index in [1.54, 1.807) is 0 Å². The summed E-state index contributed by atoms with van der Waals surface area (Å²) in [5, 5.41) is 8.31. The van der Waals surface area contributed by atoms with Gasteiger partial charge < -0.3 is 0 Å². The van der Waals surface area contributed by atoms with E-state index in [4.69, 9.17) is 5.26 Å². The number of unbranched alkanes of at least 4 members (excludes halogenated alkanes) is 7. The van der Waals surface area contributed by atoms with Gasteiger partial charge in [0.05, 0.1) is 6.07 Å². The van der Waals surface area contributed by atoms with Crippen molar-refractivity contribution in [2.45, 2.75) is 58.3 Å². The van der Waals surface area contributed by atoms with Gasteiger partial charge in [-0.05, 0) is 26.2 Å². The minimum atomic E-state index is 0.735. The third-order valence-corrected chi connectivity index (χ3v) is 2.15. The molecule has 0 unspecified atom stereocenters. The first-order valence-electron chi connectivity index (χ1n) is 5.40. The maximum Gasteiger partial charge on any atom is 0.0621 e. The van der Waals surface area contributed by atoms with Gasteiger partial charge in [0.2, 0.25) is 0 Å². The molecule has 0 aromatic carbocycles. The molecule has 0 bridgehead atoms. The Balaban J connectivity index is 2.88. The molecular formula is C12H21N. The lowest BCUT2D eigenvalue weighted by molar-refractivity contribution is 0.601. The Bertz CT molecular complexity index is 153. The molecule has 1 nitrogen and oxygen atoms in total. The monoisotopic (exact) mass is 179 g/mol. The van der Waals surface area contributed by atoms with Gasteiger partial charge in [0.25, 0.3) is 0 Å². The molecule has 1 heteroatoms. The molecule has 0 aliphatic carbocycles. The quantitative estimate of drug-likeness (QED) is 0.404. The lowest BCUT2D eigenvalue weighted by Gasteiger charge is -1.97. The van der Waals surface area contributed by atoms with E-state index in [9.17, 15) is 0 Å². The standard InChI is InChI=1S/C12H21N/c1-2-3-4-5-6-7-8-9-10-11-12-13/h2-3H,4-11H2,1H3/b3-2+. The van der Waals surface area contributed by atoms with Gasteiger partial charge in [-0.2, -0.15) is 5.26 Å². The Morgan fingerprint density at radius 3 is 2.23 bits per heavy atom. The summed E-state index contributed by atoms with van der Waals surface area (Å²) in [7, 11) is 0. The second-order valence-corrected chi connectivity index (χ2v) is 3.39. The zero-order valence-electron chi connectivity index (χ0n) is 8.76. The fourth-order valence-electron chi connectivity index (χ4n) is 1.34. The number of hydrogen-bond donors (Lipinski definition) is 0. The summed E-state index contributed by atoms with van der Waals surface area (Å²) in [6.07, 6.45) is 13.9. The van der Waals surface area contributed by atoms with Crippen molar-refractivity contribution in [2.24, 2.45) is 0 Å². The summed E-state index contributed by atoms with van der Waals surface area (Å²) >= 11 is 0. The Kier molecular flexibility index (Phi) is 10.6. The van der Waals surface area contributed by atoms with Crippen LogP contribution in [-0.2, 0) is 0 Å². The SMILES string of the molecule is C/C=C/CCCCCCCCC#N. The minimum absolute atomic E-state index is 0.735. The highest BCUT2D eigenvalue weighted by Gasteiger charge is 1.89. The Morgan fingerprint density at radius 1 is 1.00 bits per heavy atom. The van der Waals surface area contributed by atoms with Crippen molar-refractivity contribution < 1.29 is 0 Å². The molecule has 0 amide bonds. The Morgan fingerprint density at radius 2 is 1.62 bits per heavy atom. The van der Waals surface area contributed by atoms with E-state index in [-0.39, 0.29) is 0 Å². The van der Waals surface area contributed by atoms with Gasteiger partial charge in [0.15, 0.2) is 0 Å². The van der Waals surface area contributed by atoms with Crippen LogP contribution in [0.25, 0.3) is 0 Å². The van der Waals surface area contributed by atoms with Crippen LogP contribution >= 0.6 is 0 Å². The molecule has 74 valence electrons. The minimum Gasteiger partial charge on any atom is -0.198 e. The highest BCUT2D eigenvalue weighted by atomic mass is 14.2. The van der Waals surface area contributed by atoms with Crippen LogP contribution in [0.1, 0.15) is 58.3 Å². The molecule has 0 saturated carbocycles. The van der Waals surface area contributed by atoms with E-state index >= 15 is 0 Å². The summed E-state index contributed by atoms with van der Waals surface area (Å²) in [6.45, 7) is 2.07. The van der Waals surface area contributed by atoms with Gasteiger partial charge in [-0.25, -0.2) is 0 Å². The Labute approximate surface area is 82.5 Å². The van der Waals surface area contributed by atoms with Gasteiger partial charge in [0, 0.05) is 6.42 Å². The average Bonchev–Trinajstić information content (AvgIpc) is 2.16. The van der Waals surface area contributed by atoms with Crippen molar-refractivity contribution in [2.75, 3.05) is 0 Å². The molecule has 0 heterocycles.